The highest BCUT2D eigenvalue weighted by Crippen LogP contribution is 2.22. The molecule has 0 aliphatic carbocycles. The van der Waals surface area contributed by atoms with Crippen LogP contribution in [0.5, 0.6) is 5.88 Å². The Hall–Kier alpha value is -2.41. The first-order valence-electron chi connectivity index (χ1n) is 7.91. The molecule has 0 radical (unpaired) electrons. The van der Waals surface area contributed by atoms with Crippen LogP contribution in [0.4, 0.5) is 0 Å². The van der Waals surface area contributed by atoms with Crippen LogP contribution in [0, 0.1) is 0 Å². The summed E-state index contributed by atoms with van der Waals surface area (Å²) in [6.07, 6.45) is 1.90. The molecule has 6 nitrogen and oxygen atoms in total. The molecule has 25 heavy (non-hydrogen) atoms. The number of fused-ring (bicyclic) bond motifs is 1. The van der Waals surface area contributed by atoms with Gasteiger partial charge in [-0.05, 0) is 48.0 Å². The van der Waals surface area contributed by atoms with Gasteiger partial charge >= 0.3 is 0 Å². The number of amides is 1. The van der Waals surface area contributed by atoms with E-state index in [9.17, 15) is 4.79 Å². The molecule has 1 aromatic carbocycles. The summed E-state index contributed by atoms with van der Waals surface area (Å²) in [7, 11) is 0. The van der Waals surface area contributed by atoms with E-state index in [1.54, 1.807) is 6.20 Å². The zero-order chi connectivity index (χ0) is 17.9. The number of halogens is 1. The Labute approximate surface area is 154 Å². The maximum atomic E-state index is 12.4. The Kier molecular flexibility index (Phi) is 5.03. The maximum Gasteiger partial charge on any atom is 0.228 e. The van der Waals surface area contributed by atoms with E-state index in [2.05, 4.69) is 36.4 Å². The fraction of sp³-hybridized carbons (Fsp3) is 0.278. The molecule has 0 unspecified atom stereocenters. The van der Waals surface area contributed by atoms with Gasteiger partial charge in [-0.3, -0.25) is 9.89 Å². The van der Waals surface area contributed by atoms with Crippen LogP contribution < -0.4 is 10.1 Å². The van der Waals surface area contributed by atoms with Gasteiger partial charge in [-0.15, -0.1) is 0 Å². The standard InChI is InChI=1S/C18H19BrN4O2/c1-18(2,11-25-17-13(19)7-5-9-20-17)21-16(24)10-15-12-6-3-4-8-14(12)22-23-15/h3-9H,10-11H2,1-2H3,(H,21,24)(H,22,23). The topological polar surface area (TPSA) is 79.9 Å². The molecule has 0 aliphatic heterocycles. The molecule has 2 aromatic heterocycles. The number of hydrogen-bond donors (Lipinski definition) is 2. The summed E-state index contributed by atoms with van der Waals surface area (Å²) in [5.41, 5.74) is 1.12. The maximum absolute atomic E-state index is 12.4. The summed E-state index contributed by atoms with van der Waals surface area (Å²) in [6.45, 7) is 4.12. The van der Waals surface area contributed by atoms with E-state index < -0.39 is 5.54 Å². The van der Waals surface area contributed by atoms with E-state index in [1.807, 2.05) is 50.2 Å². The van der Waals surface area contributed by atoms with Gasteiger partial charge in [0, 0.05) is 11.6 Å². The molecule has 2 heterocycles. The van der Waals surface area contributed by atoms with Gasteiger partial charge in [-0.25, -0.2) is 4.98 Å². The Morgan fingerprint density at radius 2 is 2.08 bits per heavy atom. The van der Waals surface area contributed by atoms with Crippen molar-refractivity contribution in [1.82, 2.24) is 20.5 Å². The van der Waals surface area contributed by atoms with Gasteiger partial charge in [0.05, 0.1) is 27.6 Å². The number of aromatic amines is 1. The molecule has 0 saturated carbocycles. The van der Waals surface area contributed by atoms with Gasteiger partial charge in [0.25, 0.3) is 0 Å². The molecule has 7 heteroatoms. The van der Waals surface area contributed by atoms with Gasteiger partial charge in [-0.1, -0.05) is 18.2 Å². The number of rotatable bonds is 6. The Bertz CT molecular complexity index is 891. The van der Waals surface area contributed by atoms with Crippen LogP contribution in [0.2, 0.25) is 0 Å². The zero-order valence-electron chi connectivity index (χ0n) is 14.0. The predicted octanol–water partition coefficient (Wildman–Crippen LogP) is 3.24. The van der Waals surface area contributed by atoms with Crippen LogP contribution in [-0.2, 0) is 11.2 Å². The first-order valence-corrected chi connectivity index (χ1v) is 8.70. The van der Waals surface area contributed by atoms with Crippen molar-refractivity contribution in [2.24, 2.45) is 0 Å². The monoisotopic (exact) mass is 402 g/mol. The third-order valence-corrected chi connectivity index (χ3v) is 4.25. The number of nitrogens with one attached hydrogen (secondary N) is 2. The highest BCUT2D eigenvalue weighted by atomic mass is 79.9. The number of para-hydroxylation sites is 1. The van der Waals surface area contributed by atoms with Crippen molar-refractivity contribution in [3.63, 3.8) is 0 Å². The van der Waals surface area contributed by atoms with Gasteiger partial charge in [0.2, 0.25) is 11.8 Å². The minimum Gasteiger partial charge on any atom is -0.474 e. The lowest BCUT2D eigenvalue weighted by Gasteiger charge is -2.26. The van der Waals surface area contributed by atoms with Crippen molar-refractivity contribution < 1.29 is 9.53 Å². The quantitative estimate of drug-likeness (QED) is 0.662. The minimum absolute atomic E-state index is 0.0944. The Balaban J connectivity index is 1.60. The Morgan fingerprint density at radius 3 is 2.88 bits per heavy atom. The first-order chi connectivity index (χ1) is 11.9. The molecule has 0 bridgehead atoms. The number of pyridine rings is 1. The second-order valence-corrected chi connectivity index (χ2v) is 7.26. The van der Waals surface area contributed by atoms with E-state index in [0.717, 1.165) is 21.1 Å². The number of nitrogens with zero attached hydrogens (tertiary/aromatic N) is 2. The fourth-order valence-electron chi connectivity index (χ4n) is 2.49. The minimum atomic E-state index is -0.538. The molecule has 3 rings (SSSR count). The lowest BCUT2D eigenvalue weighted by atomic mass is 10.1. The molecule has 2 N–H and O–H groups in total. The molecule has 1 amide bonds. The molecule has 0 atom stereocenters. The van der Waals surface area contributed by atoms with Crippen LogP contribution in [-0.4, -0.2) is 33.2 Å². The molecular weight excluding hydrogens is 384 g/mol. The Morgan fingerprint density at radius 1 is 1.28 bits per heavy atom. The van der Waals surface area contributed by atoms with Crippen LogP contribution >= 0.6 is 15.9 Å². The smallest absolute Gasteiger partial charge is 0.228 e. The van der Waals surface area contributed by atoms with E-state index >= 15 is 0 Å². The average molecular weight is 403 g/mol. The van der Waals surface area contributed by atoms with E-state index in [1.165, 1.54) is 0 Å². The van der Waals surface area contributed by atoms with E-state index in [4.69, 9.17) is 4.74 Å². The van der Waals surface area contributed by atoms with Gasteiger partial charge in [0.1, 0.15) is 6.61 Å². The SMILES string of the molecule is CC(C)(COc1ncccc1Br)NC(=O)Cc1[nH]nc2ccccc12. The molecule has 0 fully saturated rings. The predicted molar refractivity (Wildman–Crippen MR) is 99.5 cm³/mol. The summed E-state index contributed by atoms with van der Waals surface area (Å²) in [5, 5.41) is 11.1. The first kappa shape index (κ1) is 17.4. The third kappa shape index (κ3) is 4.36. The van der Waals surface area contributed by atoms with Crippen molar-refractivity contribution in [2.45, 2.75) is 25.8 Å². The van der Waals surface area contributed by atoms with Crippen molar-refractivity contribution in [1.29, 1.82) is 0 Å². The van der Waals surface area contributed by atoms with Gasteiger partial charge in [0.15, 0.2) is 0 Å². The summed E-state index contributed by atoms with van der Waals surface area (Å²) in [6, 6.07) is 11.4. The van der Waals surface area contributed by atoms with Crippen LogP contribution in [0.1, 0.15) is 19.5 Å². The number of carbonyl (C=O) groups excluding carboxylic acids is 1. The largest absolute Gasteiger partial charge is 0.474 e. The number of aromatic nitrogens is 3. The summed E-state index contributed by atoms with van der Waals surface area (Å²) >= 11 is 3.39. The normalized spacial score (nSPS) is 11.5. The molecule has 0 saturated heterocycles. The van der Waals surface area contributed by atoms with Gasteiger partial charge in [-0.2, -0.15) is 5.10 Å². The van der Waals surface area contributed by atoms with Gasteiger partial charge < -0.3 is 10.1 Å². The molecule has 0 spiro atoms. The lowest BCUT2D eigenvalue weighted by molar-refractivity contribution is -0.122. The van der Waals surface area contributed by atoms with E-state index in [0.29, 0.717) is 12.5 Å². The fourth-order valence-corrected chi connectivity index (χ4v) is 2.86. The third-order valence-electron chi connectivity index (χ3n) is 3.65. The van der Waals surface area contributed by atoms with Crippen molar-refractivity contribution in [2.75, 3.05) is 6.61 Å². The summed E-state index contributed by atoms with van der Waals surface area (Å²) in [4.78, 5) is 16.6. The number of hydrogen-bond acceptors (Lipinski definition) is 4. The van der Waals surface area contributed by atoms with Crippen molar-refractivity contribution >= 4 is 32.7 Å². The van der Waals surface area contributed by atoms with E-state index in [-0.39, 0.29) is 12.3 Å². The van der Waals surface area contributed by atoms with Crippen molar-refractivity contribution in [3.8, 4) is 5.88 Å². The van der Waals surface area contributed by atoms with Crippen LogP contribution in [0.15, 0.2) is 47.1 Å². The second kappa shape index (κ2) is 7.23. The second-order valence-electron chi connectivity index (χ2n) is 6.41. The van der Waals surface area contributed by atoms with Crippen LogP contribution in [0.25, 0.3) is 10.9 Å². The summed E-state index contributed by atoms with van der Waals surface area (Å²) in [5.74, 6) is 0.410. The van der Waals surface area contributed by atoms with Crippen molar-refractivity contribution in [3.05, 3.63) is 52.8 Å². The number of ether oxygens (including phenoxy) is 1. The van der Waals surface area contributed by atoms with Crippen LogP contribution in [0.3, 0.4) is 0 Å². The lowest BCUT2D eigenvalue weighted by Crippen LogP contribution is -2.48. The summed E-state index contributed by atoms with van der Waals surface area (Å²) < 4.78 is 6.49. The highest BCUT2D eigenvalue weighted by molar-refractivity contribution is 9.10. The number of benzene rings is 1. The molecule has 0 aliphatic rings. The molecule has 130 valence electrons. The number of carbonyl (C=O) groups is 1. The molecular formula is C18H19BrN4O2. The number of H-pyrrole nitrogens is 1. The molecule has 3 aromatic rings. The highest BCUT2D eigenvalue weighted by Gasteiger charge is 2.23. The zero-order valence-corrected chi connectivity index (χ0v) is 15.6. The average Bonchev–Trinajstić information content (AvgIpc) is 2.97.